The molecule has 1 aromatic rings. The summed E-state index contributed by atoms with van der Waals surface area (Å²) in [5.74, 6) is 2.21. The van der Waals surface area contributed by atoms with E-state index in [1.54, 1.807) is 0 Å². The largest absolute Gasteiger partial charge is 0.357 e. The molecule has 0 radical (unpaired) electrons. The Morgan fingerprint density at radius 2 is 1.90 bits per heavy atom. The average molecular weight is 292 g/mol. The maximum atomic E-state index is 4.70. The van der Waals surface area contributed by atoms with Crippen molar-refractivity contribution in [2.75, 3.05) is 42.3 Å². The number of piperidine rings is 1. The Bertz CT molecular complexity index is 444. The number of rotatable bonds is 6. The highest BCUT2D eigenvalue weighted by Crippen LogP contribution is 2.21. The SMILES string of the molecule is CCCC(C)N(C)c1nc(NC)nc(N2CCCCC2)n1. The number of nitrogens with zero attached hydrogens (tertiary/aromatic N) is 5. The van der Waals surface area contributed by atoms with Crippen molar-refractivity contribution in [2.45, 2.75) is 52.0 Å². The summed E-state index contributed by atoms with van der Waals surface area (Å²) < 4.78 is 0. The van der Waals surface area contributed by atoms with Gasteiger partial charge in [0.15, 0.2) is 0 Å². The number of nitrogens with one attached hydrogen (secondary N) is 1. The zero-order chi connectivity index (χ0) is 15.2. The van der Waals surface area contributed by atoms with Crippen LogP contribution in [0.25, 0.3) is 0 Å². The first-order valence-electron chi connectivity index (χ1n) is 8.07. The van der Waals surface area contributed by atoms with Gasteiger partial charge >= 0.3 is 0 Å². The lowest BCUT2D eigenvalue weighted by Crippen LogP contribution is -2.34. The summed E-state index contributed by atoms with van der Waals surface area (Å²) in [6.45, 7) is 6.50. The van der Waals surface area contributed by atoms with Gasteiger partial charge in [0.1, 0.15) is 0 Å². The predicted molar refractivity (Wildman–Crippen MR) is 88.2 cm³/mol. The van der Waals surface area contributed by atoms with Crippen LogP contribution in [0.4, 0.5) is 17.8 Å². The van der Waals surface area contributed by atoms with Gasteiger partial charge in [0.2, 0.25) is 17.8 Å². The Morgan fingerprint density at radius 3 is 2.52 bits per heavy atom. The number of aromatic nitrogens is 3. The van der Waals surface area contributed by atoms with Crippen LogP contribution in [0, 0.1) is 0 Å². The van der Waals surface area contributed by atoms with E-state index in [4.69, 9.17) is 4.98 Å². The Labute approximate surface area is 128 Å². The summed E-state index contributed by atoms with van der Waals surface area (Å²) in [5.41, 5.74) is 0. The smallest absolute Gasteiger partial charge is 0.231 e. The van der Waals surface area contributed by atoms with Crippen LogP contribution in [0.3, 0.4) is 0 Å². The van der Waals surface area contributed by atoms with Crippen molar-refractivity contribution < 1.29 is 0 Å². The fourth-order valence-corrected chi connectivity index (χ4v) is 2.67. The van der Waals surface area contributed by atoms with E-state index in [9.17, 15) is 0 Å². The zero-order valence-electron chi connectivity index (χ0n) is 13.8. The molecular formula is C15H28N6. The predicted octanol–water partition coefficient (Wildman–Crippen LogP) is 2.53. The van der Waals surface area contributed by atoms with Gasteiger partial charge in [-0.15, -0.1) is 0 Å². The van der Waals surface area contributed by atoms with Crippen LogP contribution in [0.1, 0.15) is 46.0 Å². The maximum Gasteiger partial charge on any atom is 0.231 e. The standard InChI is InChI=1S/C15H28N6/c1-5-9-12(2)20(4)14-17-13(16-3)18-15(19-14)21-10-7-6-8-11-21/h12H,5-11H2,1-4H3,(H,16,17,18,19). The van der Waals surface area contributed by atoms with Crippen molar-refractivity contribution in [3.05, 3.63) is 0 Å². The molecule has 1 aromatic heterocycles. The van der Waals surface area contributed by atoms with Crippen LogP contribution in [-0.2, 0) is 0 Å². The molecule has 6 nitrogen and oxygen atoms in total. The van der Waals surface area contributed by atoms with Gasteiger partial charge in [0.25, 0.3) is 0 Å². The quantitative estimate of drug-likeness (QED) is 0.869. The Hall–Kier alpha value is -1.59. The van der Waals surface area contributed by atoms with Crippen molar-refractivity contribution in [1.82, 2.24) is 15.0 Å². The van der Waals surface area contributed by atoms with Gasteiger partial charge in [-0.2, -0.15) is 15.0 Å². The number of anilines is 3. The van der Waals surface area contributed by atoms with E-state index < -0.39 is 0 Å². The lowest BCUT2D eigenvalue weighted by atomic mass is 10.1. The van der Waals surface area contributed by atoms with E-state index in [2.05, 4.69) is 46.0 Å². The van der Waals surface area contributed by atoms with Gasteiger partial charge in [-0.05, 0) is 32.6 Å². The summed E-state index contributed by atoms with van der Waals surface area (Å²) in [7, 11) is 3.92. The molecule has 0 aromatic carbocycles. The van der Waals surface area contributed by atoms with Gasteiger partial charge in [-0.1, -0.05) is 13.3 Å². The Balaban J connectivity index is 2.24. The molecule has 2 heterocycles. The molecule has 1 unspecified atom stereocenters. The molecule has 6 heteroatoms. The van der Waals surface area contributed by atoms with Crippen LogP contribution in [0.15, 0.2) is 0 Å². The third-order valence-corrected chi connectivity index (χ3v) is 4.16. The van der Waals surface area contributed by atoms with Crippen molar-refractivity contribution in [3.8, 4) is 0 Å². The molecule has 1 aliphatic rings. The summed E-state index contributed by atoms with van der Waals surface area (Å²) in [4.78, 5) is 18.2. The molecule has 118 valence electrons. The van der Waals surface area contributed by atoms with Crippen LogP contribution in [0.2, 0.25) is 0 Å². The molecule has 1 saturated heterocycles. The monoisotopic (exact) mass is 292 g/mol. The van der Waals surface area contributed by atoms with Crippen molar-refractivity contribution in [1.29, 1.82) is 0 Å². The van der Waals surface area contributed by atoms with Crippen LogP contribution >= 0.6 is 0 Å². The van der Waals surface area contributed by atoms with Crippen molar-refractivity contribution in [3.63, 3.8) is 0 Å². The summed E-state index contributed by atoms with van der Waals surface area (Å²) in [6, 6.07) is 0.427. The molecule has 0 amide bonds. The highest BCUT2D eigenvalue weighted by molar-refractivity contribution is 5.45. The van der Waals surface area contributed by atoms with Gasteiger partial charge in [-0.25, -0.2) is 0 Å². The number of hydrogen-bond donors (Lipinski definition) is 1. The molecule has 0 bridgehead atoms. The topological polar surface area (TPSA) is 57.2 Å². The van der Waals surface area contributed by atoms with E-state index >= 15 is 0 Å². The summed E-state index contributed by atoms with van der Waals surface area (Å²) in [5, 5.41) is 3.06. The maximum absolute atomic E-state index is 4.70. The first-order chi connectivity index (χ1) is 10.2. The molecule has 1 aliphatic heterocycles. The molecule has 2 rings (SSSR count). The van der Waals surface area contributed by atoms with E-state index in [1.807, 2.05) is 7.05 Å². The molecule has 1 atom stereocenters. The van der Waals surface area contributed by atoms with Gasteiger partial charge in [0.05, 0.1) is 0 Å². The highest BCUT2D eigenvalue weighted by Gasteiger charge is 2.19. The lowest BCUT2D eigenvalue weighted by Gasteiger charge is -2.29. The molecule has 1 N–H and O–H groups in total. The van der Waals surface area contributed by atoms with Crippen LogP contribution < -0.4 is 15.1 Å². The molecule has 0 aliphatic carbocycles. The Morgan fingerprint density at radius 1 is 1.19 bits per heavy atom. The third kappa shape index (κ3) is 3.95. The average Bonchev–Trinajstić information content (AvgIpc) is 2.54. The highest BCUT2D eigenvalue weighted by atomic mass is 15.4. The molecule has 0 saturated carbocycles. The second-order valence-electron chi connectivity index (χ2n) is 5.81. The normalized spacial score (nSPS) is 16.7. The lowest BCUT2D eigenvalue weighted by molar-refractivity contribution is 0.564. The molecule has 1 fully saturated rings. The van der Waals surface area contributed by atoms with E-state index in [-0.39, 0.29) is 0 Å². The second-order valence-corrected chi connectivity index (χ2v) is 5.81. The van der Waals surface area contributed by atoms with Gasteiger partial charge < -0.3 is 15.1 Å². The van der Waals surface area contributed by atoms with E-state index in [1.165, 1.54) is 19.3 Å². The van der Waals surface area contributed by atoms with Gasteiger partial charge in [0, 0.05) is 33.2 Å². The minimum Gasteiger partial charge on any atom is -0.357 e. The summed E-state index contributed by atoms with van der Waals surface area (Å²) in [6.07, 6.45) is 6.04. The Kier molecular flexibility index (Phi) is 5.59. The van der Waals surface area contributed by atoms with Crippen LogP contribution in [0.5, 0.6) is 0 Å². The van der Waals surface area contributed by atoms with Crippen LogP contribution in [-0.4, -0.2) is 48.2 Å². The molecular weight excluding hydrogens is 264 g/mol. The summed E-state index contributed by atoms with van der Waals surface area (Å²) >= 11 is 0. The fourth-order valence-electron chi connectivity index (χ4n) is 2.67. The van der Waals surface area contributed by atoms with Crippen molar-refractivity contribution >= 4 is 17.8 Å². The van der Waals surface area contributed by atoms with Gasteiger partial charge in [-0.3, -0.25) is 0 Å². The third-order valence-electron chi connectivity index (χ3n) is 4.16. The number of hydrogen-bond acceptors (Lipinski definition) is 6. The minimum atomic E-state index is 0.427. The second kappa shape index (κ2) is 7.43. The fraction of sp³-hybridized carbons (Fsp3) is 0.800. The van der Waals surface area contributed by atoms with Crippen molar-refractivity contribution in [2.24, 2.45) is 0 Å². The molecule has 21 heavy (non-hydrogen) atoms. The minimum absolute atomic E-state index is 0.427. The first kappa shape index (κ1) is 15.8. The first-order valence-corrected chi connectivity index (χ1v) is 8.07. The van der Waals surface area contributed by atoms with E-state index in [0.717, 1.165) is 37.8 Å². The van der Waals surface area contributed by atoms with E-state index in [0.29, 0.717) is 12.0 Å². The molecule has 0 spiro atoms. The zero-order valence-corrected chi connectivity index (χ0v) is 13.8.